The summed E-state index contributed by atoms with van der Waals surface area (Å²) in [6.07, 6.45) is 1.50. The SMILES string of the molecule is COC(=O)C1C(=O)NC(N2CCN(C)CC2)=NC1c1ccco1. The number of amides is 1. The Hall–Kier alpha value is -2.35. The van der Waals surface area contributed by atoms with Crippen LogP contribution < -0.4 is 5.32 Å². The Labute approximate surface area is 134 Å². The highest BCUT2D eigenvalue weighted by Gasteiger charge is 2.43. The van der Waals surface area contributed by atoms with Crippen molar-refractivity contribution in [2.45, 2.75) is 6.04 Å². The monoisotopic (exact) mass is 320 g/mol. The average molecular weight is 320 g/mol. The minimum atomic E-state index is -1.04. The van der Waals surface area contributed by atoms with E-state index in [0.717, 1.165) is 26.2 Å². The molecule has 23 heavy (non-hydrogen) atoms. The highest BCUT2D eigenvalue weighted by atomic mass is 16.5. The zero-order valence-electron chi connectivity index (χ0n) is 13.2. The zero-order chi connectivity index (χ0) is 16.4. The van der Waals surface area contributed by atoms with Crippen molar-refractivity contribution >= 4 is 17.8 Å². The molecule has 0 radical (unpaired) electrons. The van der Waals surface area contributed by atoms with Gasteiger partial charge in [0.05, 0.1) is 13.4 Å². The highest BCUT2D eigenvalue weighted by molar-refractivity contribution is 6.08. The molecule has 1 N–H and O–H groups in total. The summed E-state index contributed by atoms with van der Waals surface area (Å²) in [7, 11) is 3.31. The molecule has 2 atom stereocenters. The van der Waals surface area contributed by atoms with E-state index in [1.807, 2.05) is 4.90 Å². The third kappa shape index (κ3) is 3.07. The van der Waals surface area contributed by atoms with Crippen LogP contribution in [0.15, 0.2) is 27.8 Å². The minimum Gasteiger partial charge on any atom is -0.468 e. The van der Waals surface area contributed by atoms with E-state index in [-0.39, 0.29) is 0 Å². The molecular weight excluding hydrogens is 300 g/mol. The lowest BCUT2D eigenvalue weighted by molar-refractivity contribution is -0.151. The van der Waals surface area contributed by atoms with E-state index in [1.165, 1.54) is 13.4 Å². The summed E-state index contributed by atoms with van der Waals surface area (Å²) in [5.41, 5.74) is 0. The van der Waals surface area contributed by atoms with Crippen LogP contribution in [-0.2, 0) is 14.3 Å². The van der Waals surface area contributed by atoms with Gasteiger partial charge in [-0.2, -0.15) is 0 Å². The van der Waals surface area contributed by atoms with Crippen molar-refractivity contribution in [3.8, 4) is 0 Å². The Balaban J connectivity index is 1.90. The lowest BCUT2D eigenvalue weighted by Gasteiger charge is -2.37. The van der Waals surface area contributed by atoms with Crippen LogP contribution in [0.25, 0.3) is 0 Å². The summed E-state index contributed by atoms with van der Waals surface area (Å²) in [6.45, 7) is 3.31. The van der Waals surface area contributed by atoms with E-state index in [4.69, 9.17) is 9.15 Å². The molecule has 2 aliphatic rings. The van der Waals surface area contributed by atoms with Gasteiger partial charge >= 0.3 is 5.97 Å². The first kappa shape index (κ1) is 15.5. The first-order valence-electron chi connectivity index (χ1n) is 7.53. The van der Waals surface area contributed by atoms with Gasteiger partial charge in [-0.05, 0) is 19.2 Å². The van der Waals surface area contributed by atoms with Crippen molar-refractivity contribution in [2.75, 3.05) is 40.3 Å². The van der Waals surface area contributed by atoms with Crippen molar-refractivity contribution < 1.29 is 18.7 Å². The van der Waals surface area contributed by atoms with Crippen LogP contribution in [-0.4, -0.2) is 68.0 Å². The van der Waals surface area contributed by atoms with E-state index in [2.05, 4.69) is 22.3 Å². The molecule has 8 nitrogen and oxygen atoms in total. The molecule has 1 fully saturated rings. The first-order valence-corrected chi connectivity index (χ1v) is 7.53. The van der Waals surface area contributed by atoms with Gasteiger partial charge in [0.1, 0.15) is 11.8 Å². The summed E-state index contributed by atoms with van der Waals surface area (Å²) >= 11 is 0. The maximum atomic E-state index is 12.4. The second-order valence-corrected chi connectivity index (χ2v) is 5.69. The van der Waals surface area contributed by atoms with Crippen molar-refractivity contribution in [2.24, 2.45) is 10.9 Å². The second kappa shape index (κ2) is 6.41. The molecule has 1 aromatic rings. The first-order chi connectivity index (χ1) is 11.1. The van der Waals surface area contributed by atoms with E-state index < -0.39 is 23.8 Å². The molecule has 1 saturated heterocycles. The number of furan rings is 1. The molecule has 0 spiro atoms. The molecule has 3 rings (SSSR count). The molecular formula is C15H20N4O4. The van der Waals surface area contributed by atoms with Crippen LogP contribution in [0.4, 0.5) is 0 Å². The standard InChI is InChI=1S/C15H20N4O4/c1-18-5-7-19(8-6-18)15-16-12(10-4-3-9-23-10)11(13(20)17-15)14(21)22-2/h3-4,9,11-12H,5-8H2,1-2H3,(H,16,17,20). The molecule has 0 saturated carbocycles. The molecule has 8 heteroatoms. The molecule has 2 unspecified atom stereocenters. The minimum absolute atomic E-state index is 0.415. The largest absolute Gasteiger partial charge is 0.468 e. The van der Waals surface area contributed by atoms with E-state index in [1.54, 1.807) is 12.1 Å². The third-order valence-corrected chi connectivity index (χ3v) is 4.19. The van der Waals surface area contributed by atoms with Crippen molar-refractivity contribution in [3.63, 3.8) is 0 Å². The Morgan fingerprint density at radius 1 is 1.39 bits per heavy atom. The number of rotatable bonds is 2. The maximum absolute atomic E-state index is 12.4. The predicted molar refractivity (Wildman–Crippen MR) is 81.6 cm³/mol. The second-order valence-electron chi connectivity index (χ2n) is 5.69. The number of carbonyl (C=O) groups excluding carboxylic acids is 2. The van der Waals surface area contributed by atoms with Crippen LogP contribution in [0, 0.1) is 5.92 Å². The van der Waals surface area contributed by atoms with Gasteiger partial charge in [-0.3, -0.25) is 14.9 Å². The summed E-state index contributed by atoms with van der Waals surface area (Å²) in [5.74, 6) is -1.11. The molecule has 0 bridgehead atoms. The number of nitrogens with zero attached hydrogens (tertiary/aromatic N) is 3. The number of methoxy groups -OCH3 is 1. The average Bonchev–Trinajstić information content (AvgIpc) is 3.08. The highest BCUT2D eigenvalue weighted by Crippen LogP contribution is 2.31. The molecule has 2 aliphatic heterocycles. The predicted octanol–water partition coefficient (Wildman–Crippen LogP) is -0.157. The van der Waals surface area contributed by atoms with Gasteiger partial charge < -0.3 is 19.0 Å². The normalized spacial score (nSPS) is 25.7. The number of guanidine groups is 1. The lowest BCUT2D eigenvalue weighted by Crippen LogP contribution is -2.56. The van der Waals surface area contributed by atoms with Gasteiger partial charge in [-0.25, -0.2) is 4.99 Å². The lowest BCUT2D eigenvalue weighted by atomic mass is 9.95. The summed E-state index contributed by atoms with van der Waals surface area (Å²) in [6, 6.07) is 2.71. The van der Waals surface area contributed by atoms with Gasteiger partial charge in [0.25, 0.3) is 0 Å². The number of carbonyl (C=O) groups is 2. The van der Waals surface area contributed by atoms with Gasteiger partial charge in [0.2, 0.25) is 11.9 Å². The van der Waals surface area contributed by atoms with Crippen LogP contribution in [0.3, 0.4) is 0 Å². The van der Waals surface area contributed by atoms with E-state index in [9.17, 15) is 9.59 Å². The Bertz CT molecular complexity index is 605. The number of aliphatic imine (C=N–C) groups is 1. The number of hydrogen-bond donors (Lipinski definition) is 1. The Morgan fingerprint density at radius 3 is 2.74 bits per heavy atom. The maximum Gasteiger partial charge on any atom is 0.320 e. The number of ether oxygens (including phenoxy) is 1. The number of esters is 1. The summed E-state index contributed by atoms with van der Waals surface area (Å²) in [5, 5.41) is 2.73. The number of nitrogens with one attached hydrogen (secondary N) is 1. The van der Waals surface area contributed by atoms with E-state index >= 15 is 0 Å². The van der Waals surface area contributed by atoms with Crippen LogP contribution in [0.2, 0.25) is 0 Å². The van der Waals surface area contributed by atoms with Crippen molar-refractivity contribution in [1.82, 2.24) is 15.1 Å². The van der Waals surface area contributed by atoms with Gasteiger partial charge in [-0.15, -0.1) is 0 Å². The third-order valence-electron chi connectivity index (χ3n) is 4.19. The summed E-state index contributed by atoms with van der Waals surface area (Å²) < 4.78 is 10.1. The molecule has 3 heterocycles. The fourth-order valence-corrected chi connectivity index (χ4v) is 2.80. The van der Waals surface area contributed by atoms with Crippen LogP contribution in [0.1, 0.15) is 11.8 Å². The van der Waals surface area contributed by atoms with Crippen LogP contribution >= 0.6 is 0 Å². The molecule has 0 aliphatic carbocycles. The van der Waals surface area contributed by atoms with E-state index in [0.29, 0.717) is 11.7 Å². The fourth-order valence-electron chi connectivity index (χ4n) is 2.80. The van der Waals surface area contributed by atoms with Gasteiger partial charge in [-0.1, -0.05) is 0 Å². The molecule has 1 aromatic heterocycles. The van der Waals surface area contributed by atoms with Crippen molar-refractivity contribution in [1.29, 1.82) is 0 Å². The Morgan fingerprint density at radius 2 is 2.13 bits per heavy atom. The summed E-state index contributed by atoms with van der Waals surface area (Å²) in [4.78, 5) is 33.2. The number of likely N-dealkylation sites (N-methyl/N-ethyl adjacent to an activating group) is 1. The smallest absolute Gasteiger partial charge is 0.320 e. The van der Waals surface area contributed by atoms with Crippen molar-refractivity contribution in [3.05, 3.63) is 24.2 Å². The number of piperazine rings is 1. The van der Waals surface area contributed by atoms with Gasteiger partial charge in [0.15, 0.2) is 5.92 Å². The quantitative estimate of drug-likeness (QED) is 0.602. The van der Waals surface area contributed by atoms with Crippen LogP contribution in [0.5, 0.6) is 0 Å². The van der Waals surface area contributed by atoms with Gasteiger partial charge in [0, 0.05) is 26.2 Å². The zero-order valence-corrected chi connectivity index (χ0v) is 13.2. The Kier molecular flexibility index (Phi) is 4.33. The fraction of sp³-hybridized carbons (Fsp3) is 0.533. The molecule has 1 amide bonds. The number of hydrogen-bond acceptors (Lipinski definition) is 7. The molecule has 124 valence electrons. The molecule has 0 aromatic carbocycles. The topological polar surface area (TPSA) is 87.4 Å².